The Morgan fingerprint density at radius 3 is 2.94 bits per heavy atom. The lowest BCUT2D eigenvalue weighted by Gasteiger charge is -2.06. The molecule has 4 heteroatoms. The molecular formula is C13H14BrNO2. The maximum absolute atomic E-state index is 11.2. The molecular weight excluding hydrogens is 282 g/mol. The third kappa shape index (κ3) is 4.58. The zero-order valence-electron chi connectivity index (χ0n) is 9.70. The minimum atomic E-state index is -0.190. The van der Waals surface area contributed by atoms with Gasteiger partial charge in [-0.25, -0.2) is 0 Å². The fourth-order valence-electron chi connectivity index (χ4n) is 1.49. The molecule has 0 aliphatic heterocycles. The zero-order valence-corrected chi connectivity index (χ0v) is 11.3. The van der Waals surface area contributed by atoms with Crippen molar-refractivity contribution in [2.24, 2.45) is 0 Å². The molecule has 1 aromatic carbocycles. The molecule has 0 aliphatic rings. The first kappa shape index (κ1) is 13.7. The summed E-state index contributed by atoms with van der Waals surface area (Å²) in [5.74, 6) is -0.190. The fraction of sp³-hybridized carbons (Fsp3) is 0.385. The molecule has 1 rings (SSSR count). The summed E-state index contributed by atoms with van der Waals surface area (Å²) in [6.45, 7) is 2.20. The standard InChI is InChI=1S/C13H14BrNO2/c1-2-17-13(16)6-4-11-9-10(7-8-15)3-5-12(11)14/h3,5,9H,2,4,6-7H2,1H3. The van der Waals surface area contributed by atoms with Gasteiger partial charge in [0.15, 0.2) is 0 Å². The molecule has 0 atom stereocenters. The maximum atomic E-state index is 11.2. The van der Waals surface area contributed by atoms with Gasteiger partial charge in [0.2, 0.25) is 0 Å². The molecule has 0 saturated heterocycles. The summed E-state index contributed by atoms with van der Waals surface area (Å²) in [4.78, 5) is 11.2. The van der Waals surface area contributed by atoms with Crippen molar-refractivity contribution in [3.05, 3.63) is 33.8 Å². The van der Waals surface area contributed by atoms with E-state index in [0.717, 1.165) is 15.6 Å². The van der Waals surface area contributed by atoms with Crippen LogP contribution in [-0.2, 0) is 22.4 Å². The highest BCUT2D eigenvalue weighted by molar-refractivity contribution is 9.10. The summed E-state index contributed by atoms with van der Waals surface area (Å²) in [5, 5.41) is 8.63. The van der Waals surface area contributed by atoms with E-state index >= 15 is 0 Å². The lowest BCUT2D eigenvalue weighted by Crippen LogP contribution is -2.05. The van der Waals surface area contributed by atoms with Crippen LogP contribution in [0.5, 0.6) is 0 Å². The zero-order chi connectivity index (χ0) is 12.7. The number of benzene rings is 1. The van der Waals surface area contributed by atoms with E-state index in [2.05, 4.69) is 22.0 Å². The number of carbonyl (C=O) groups is 1. The molecule has 3 nitrogen and oxygen atoms in total. The number of hydrogen-bond acceptors (Lipinski definition) is 3. The van der Waals surface area contributed by atoms with Crippen LogP contribution in [0.1, 0.15) is 24.5 Å². The van der Waals surface area contributed by atoms with Gasteiger partial charge in [0.1, 0.15) is 0 Å². The molecule has 17 heavy (non-hydrogen) atoms. The van der Waals surface area contributed by atoms with E-state index in [9.17, 15) is 4.79 Å². The van der Waals surface area contributed by atoms with Crippen molar-refractivity contribution in [3.63, 3.8) is 0 Å². The normalized spacial score (nSPS) is 9.71. The summed E-state index contributed by atoms with van der Waals surface area (Å²) in [6, 6.07) is 7.87. The molecule has 0 bridgehead atoms. The predicted octanol–water partition coefficient (Wildman–Crippen LogP) is 3.01. The van der Waals surface area contributed by atoms with Gasteiger partial charge in [-0.15, -0.1) is 0 Å². The summed E-state index contributed by atoms with van der Waals surface area (Å²) in [7, 11) is 0. The monoisotopic (exact) mass is 295 g/mol. The van der Waals surface area contributed by atoms with Crippen LogP contribution in [0.3, 0.4) is 0 Å². The molecule has 0 amide bonds. The molecule has 0 heterocycles. The maximum Gasteiger partial charge on any atom is 0.306 e. The average molecular weight is 296 g/mol. The number of aryl methyl sites for hydroxylation is 1. The Kier molecular flexibility index (Phi) is 5.71. The van der Waals surface area contributed by atoms with E-state index in [1.54, 1.807) is 6.92 Å². The topological polar surface area (TPSA) is 50.1 Å². The van der Waals surface area contributed by atoms with Gasteiger partial charge >= 0.3 is 5.97 Å². The number of esters is 1. The van der Waals surface area contributed by atoms with Crippen LogP contribution in [-0.4, -0.2) is 12.6 Å². The highest BCUT2D eigenvalue weighted by Crippen LogP contribution is 2.20. The van der Waals surface area contributed by atoms with E-state index in [1.807, 2.05) is 18.2 Å². The Balaban J connectivity index is 2.66. The van der Waals surface area contributed by atoms with Gasteiger partial charge in [0.05, 0.1) is 19.1 Å². The predicted molar refractivity (Wildman–Crippen MR) is 68.4 cm³/mol. The van der Waals surface area contributed by atoms with Crippen LogP contribution >= 0.6 is 15.9 Å². The van der Waals surface area contributed by atoms with Crippen molar-refractivity contribution in [3.8, 4) is 6.07 Å². The van der Waals surface area contributed by atoms with Gasteiger partial charge in [-0.2, -0.15) is 5.26 Å². The van der Waals surface area contributed by atoms with Crippen LogP contribution in [0.2, 0.25) is 0 Å². The van der Waals surface area contributed by atoms with Crippen molar-refractivity contribution < 1.29 is 9.53 Å². The number of nitrogens with zero attached hydrogens (tertiary/aromatic N) is 1. The van der Waals surface area contributed by atoms with Crippen LogP contribution in [0.15, 0.2) is 22.7 Å². The van der Waals surface area contributed by atoms with Gasteiger partial charge in [0, 0.05) is 10.9 Å². The Labute approximate surface area is 110 Å². The number of nitriles is 1. The Morgan fingerprint density at radius 2 is 2.29 bits per heavy atom. The molecule has 0 aliphatic carbocycles. The largest absolute Gasteiger partial charge is 0.466 e. The molecule has 0 unspecified atom stereocenters. The van der Waals surface area contributed by atoms with E-state index in [1.165, 1.54) is 0 Å². The van der Waals surface area contributed by atoms with Crippen molar-refractivity contribution in [2.45, 2.75) is 26.2 Å². The summed E-state index contributed by atoms with van der Waals surface area (Å²) >= 11 is 3.44. The molecule has 0 aromatic heterocycles. The molecule has 0 radical (unpaired) electrons. The summed E-state index contributed by atoms with van der Waals surface area (Å²) < 4.78 is 5.84. The second-order valence-electron chi connectivity index (χ2n) is 3.57. The molecule has 0 saturated carbocycles. The van der Waals surface area contributed by atoms with Gasteiger partial charge < -0.3 is 4.74 Å². The van der Waals surface area contributed by atoms with Gasteiger partial charge in [-0.3, -0.25) is 4.79 Å². The van der Waals surface area contributed by atoms with Crippen LogP contribution in [0.25, 0.3) is 0 Å². The van der Waals surface area contributed by atoms with Gasteiger partial charge in [0.25, 0.3) is 0 Å². The van der Waals surface area contributed by atoms with Gasteiger partial charge in [-0.1, -0.05) is 28.1 Å². The second-order valence-corrected chi connectivity index (χ2v) is 4.42. The number of rotatable bonds is 5. The number of halogens is 1. The Bertz CT molecular complexity index is 438. The third-order valence-corrected chi connectivity index (χ3v) is 3.07. The fourth-order valence-corrected chi connectivity index (χ4v) is 1.94. The summed E-state index contributed by atoms with van der Waals surface area (Å²) in [6.07, 6.45) is 1.38. The van der Waals surface area contributed by atoms with E-state index < -0.39 is 0 Å². The minimum absolute atomic E-state index is 0.190. The SMILES string of the molecule is CCOC(=O)CCc1cc(CC#N)ccc1Br. The quantitative estimate of drug-likeness (QED) is 0.785. The molecule has 0 spiro atoms. The highest BCUT2D eigenvalue weighted by atomic mass is 79.9. The number of carbonyl (C=O) groups excluding carboxylic acids is 1. The molecule has 1 aromatic rings. The van der Waals surface area contributed by atoms with Crippen molar-refractivity contribution >= 4 is 21.9 Å². The summed E-state index contributed by atoms with van der Waals surface area (Å²) in [5.41, 5.74) is 2.00. The van der Waals surface area contributed by atoms with Crippen molar-refractivity contribution in [2.75, 3.05) is 6.61 Å². The Hall–Kier alpha value is -1.34. The molecule has 90 valence electrons. The van der Waals surface area contributed by atoms with Crippen molar-refractivity contribution in [1.82, 2.24) is 0 Å². The Morgan fingerprint density at radius 1 is 1.53 bits per heavy atom. The molecule has 0 fully saturated rings. The average Bonchev–Trinajstić information content (AvgIpc) is 2.30. The van der Waals surface area contributed by atoms with E-state index in [0.29, 0.717) is 25.9 Å². The van der Waals surface area contributed by atoms with Crippen LogP contribution in [0.4, 0.5) is 0 Å². The lowest BCUT2D eigenvalue weighted by atomic mass is 10.1. The van der Waals surface area contributed by atoms with E-state index in [-0.39, 0.29) is 5.97 Å². The van der Waals surface area contributed by atoms with Crippen LogP contribution < -0.4 is 0 Å². The first-order valence-corrected chi connectivity index (χ1v) is 6.26. The molecule has 0 N–H and O–H groups in total. The minimum Gasteiger partial charge on any atom is -0.466 e. The first-order valence-electron chi connectivity index (χ1n) is 5.47. The second kappa shape index (κ2) is 7.08. The smallest absolute Gasteiger partial charge is 0.306 e. The van der Waals surface area contributed by atoms with Gasteiger partial charge in [-0.05, 0) is 30.5 Å². The van der Waals surface area contributed by atoms with Crippen molar-refractivity contribution in [1.29, 1.82) is 5.26 Å². The number of ether oxygens (including phenoxy) is 1. The third-order valence-electron chi connectivity index (χ3n) is 2.30. The number of hydrogen-bond donors (Lipinski definition) is 0. The van der Waals surface area contributed by atoms with Crippen LogP contribution in [0, 0.1) is 11.3 Å². The first-order chi connectivity index (χ1) is 8.17. The highest BCUT2D eigenvalue weighted by Gasteiger charge is 2.06. The van der Waals surface area contributed by atoms with E-state index in [4.69, 9.17) is 10.00 Å². The lowest BCUT2D eigenvalue weighted by molar-refractivity contribution is -0.143.